The van der Waals surface area contributed by atoms with Crippen LogP contribution in [0.25, 0.3) is 10.9 Å². The number of benzene rings is 1. The summed E-state index contributed by atoms with van der Waals surface area (Å²) in [6.45, 7) is 7.74. The van der Waals surface area contributed by atoms with Crippen LogP contribution in [0.4, 0.5) is 14.9 Å². The van der Waals surface area contributed by atoms with Gasteiger partial charge >= 0.3 is 12.1 Å². The number of nitrogens with zero attached hydrogens (tertiary/aromatic N) is 3. The van der Waals surface area contributed by atoms with Crippen molar-refractivity contribution in [1.82, 2.24) is 9.47 Å². The summed E-state index contributed by atoms with van der Waals surface area (Å²) in [4.78, 5) is 52.4. The van der Waals surface area contributed by atoms with E-state index in [4.69, 9.17) is 14.2 Å². The number of carbonyl (C=O) groups is 3. The molecule has 1 aliphatic carbocycles. The van der Waals surface area contributed by atoms with Crippen molar-refractivity contribution in [2.75, 3.05) is 38.3 Å². The Labute approximate surface area is 213 Å². The number of anilines is 1. The molecule has 1 aromatic heterocycles. The van der Waals surface area contributed by atoms with Gasteiger partial charge in [-0.3, -0.25) is 9.59 Å². The minimum atomic E-state index is -0.941. The number of carbonyl (C=O) groups excluding carboxylic acids is 3. The van der Waals surface area contributed by atoms with Crippen molar-refractivity contribution in [3.8, 4) is 5.75 Å². The monoisotopic (exact) mass is 517 g/mol. The molecule has 10 nitrogen and oxygen atoms in total. The molecule has 1 amide bonds. The maximum atomic E-state index is 15.7. The molecular weight excluding hydrogens is 485 g/mol. The van der Waals surface area contributed by atoms with Crippen molar-refractivity contribution in [2.24, 2.45) is 0 Å². The molecule has 0 radical (unpaired) electrons. The molecule has 200 valence electrons. The van der Waals surface area contributed by atoms with E-state index in [1.165, 1.54) is 13.3 Å². The molecule has 11 heteroatoms. The number of fused-ring (bicyclic) bond motifs is 1. The van der Waals surface area contributed by atoms with Crippen molar-refractivity contribution >= 4 is 34.9 Å². The molecule has 0 spiro atoms. The zero-order valence-corrected chi connectivity index (χ0v) is 21.7. The standard InChI is InChI=1S/C26H32FN3O7/c1-15-13-28(8-9-29(15)25(34)37-26(2,3)4)21-19(27)12-17-20(23(21)35-5)30(16-6-7-16)14-18(22(17)32)24(33)36-11-10-31/h10,12,14-16H,6-9,11,13H2,1-5H3. The number of ether oxygens (including phenoxy) is 3. The summed E-state index contributed by atoms with van der Waals surface area (Å²) < 4.78 is 33.5. The van der Waals surface area contributed by atoms with Crippen LogP contribution in [0.5, 0.6) is 5.75 Å². The lowest BCUT2D eigenvalue weighted by Gasteiger charge is -2.41. The maximum Gasteiger partial charge on any atom is 0.410 e. The number of aldehydes is 1. The maximum absolute atomic E-state index is 15.7. The fourth-order valence-corrected chi connectivity index (χ4v) is 4.66. The van der Waals surface area contributed by atoms with Crippen LogP contribution in [0.1, 0.15) is 56.9 Å². The predicted octanol–water partition coefficient (Wildman–Crippen LogP) is 3.29. The van der Waals surface area contributed by atoms with Crippen LogP contribution >= 0.6 is 0 Å². The third kappa shape index (κ3) is 5.26. The number of hydrogen-bond acceptors (Lipinski definition) is 8. The molecule has 4 rings (SSSR count). The Balaban J connectivity index is 1.76. The molecule has 37 heavy (non-hydrogen) atoms. The zero-order valence-electron chi connectivity index (χ0n) is 21.7. The molecule has 0 N–H and O–H groups in total. The summed E-state index contributed by atoms with van der Waals surface area (Å²) in [5, 5.41) is -0.00834. The summed E-state index contributed by atoms with van der Waals surface area (Å²) in [7, 11) is 1.41. The van der Waals surface area contributed by atoms with Gasteiger partial charge in [0.2, 0.25) is 5.43 Å². The van der Waals surface area contributed by atoms with Gasteiger partial charge in [-0.1, -0.05) is 0 Å². The quantitative estimate of drug-likeness (QED) is 0.425. The summed E-state index contributed by atoms with van der Waals surface area (Å²) in [5.74, 6) is -1.44. The summed E-state index contributed by atoms with van der Waals surface area (Å²) in [6, 6.07) is 0.857. The Morgan fingerprint density at radius 2 is 1.92 bits per heavy atom. The van der Waals surface area contributed by atoms with E-state index < -0.39 is 35.5 Å². The molecular formula is C26H32FN3O7. The highest BCUT2D eigenvalue weighted by Gasteiger charge is 2.35. The molecule has 1 atom stereocenters. The second-order valence-corrected chi connectivity index (χ2v) is 10.4. The van der Waals surface area contributed by atoms with Crippen LogP contribution in [-0.2, 0) is 14.3 Å². The molecule has 1 saturated carbocycles. The third-order valence-electron chi connectivity index (χ3n) is 6.42. The molecule has 2 fully saturated rings. The van der Waals surface area contributed by atoms with Crippen LogP contribution in [0.3, 0.4) is 0 Å². The first-order chi connectivity index (χ1) is 17.5. The summed E-state index contributed by atoms with van der Waals surface area (Å²) in [5.41, 5.74) is -1.02. The van der Waals surface area contributed by atoms with E-state index in [1.54, 1.807) is 35.1 Å². The van der Waals surface area contributed by atoms with E-state index in [-0.39, 0.29) is 34.5 Å². The average molecular weight is 518 g/mol. The Morgan fingerprint density at radius 1 is 1.22 bits per heavy atom. The van der Waals surface area contributed by atoms with E-state index in [0.717, 1.165) is 18.9 Å². The number of methoxy groups -OCH3 is 1. The first kappa shape index (κ1) is 26.4. The summed E-state index contributed by atoms with van der Waals surface area (Å²) >= 11 is 0. The van der Waals surface area contributed by atoms with Gasteiger partial charge in [-0.05, 0) is 46.6 Å². The van der Waals surface area contributed by atoms with Crippen molar-refractivity contribution in [2.45, 2.75) is 58.2 Å². The first-order valence-corrected chi connectivity index (χ1v) is 12.3. The van der Waals surface area contributed by atoms with Gasteiger partial charge in [0.1, 0.15) is 23.5 Å². The Morgan fingerprint density at radius 3 is 2.49 bits per heavy atom. The second-order valence-electron chi connectivity index (χ2n) is 10.4. The molecule has 1 unspecified atom stereocenters. The lowest BCUT2D eigenvalue weighted by molar-refractivity contribution is -0.110. The largest absolute Gasteiger partial charge is 0.492 e. The number of halogens is 1. The van der Waals surface area contributed by atoms with Crippen LogP contribution in [-0.4, -0.2) is 72.8 Å². The van der Waals surface area contributed by atoms with Crippen molar-refractivity contribution in [3.05, 3.63) is 33.9 Å². The van der Waals surface area contributed by atoms with Crippen LogP contribution in [0.15, 0.2) is 17.1 Å². The zero-order chi connectivity index (χ0) is 27.1. The van der Waals surface area contributed by atoms with Crippen LogP contribution < -0.4 is 15.1 Å². The predicted molar refractivity (Wildman–Crippen MR) is 134 cm³/mol. The van der Waals surface area contributed by atoms with Gasteiger partial charge < -0.3 is 28.6 Å². The highest BCUT2D eigenvalue weighted by molar-refractivity contribution is 5.98. The Kier molecular flexibility index (Phi) is 7.16. The van der Waals surface area contributed by atoms with Crippen molar-refractivity contribution in [1.29, 1.82) is 0 Å². The van der Waals surface area contributed by atoms with Gasteiger partial charge in [-0.15, -0.1) is 0 Å². The van der Waals surface area contributed by atoms with Gasteiger partial charge in [0.05, 0.1) is 18.0 Å². The lowest BCUT2D eigenvalue weighted by atomic mass is 10.1. The topological polar surface area (TPSA) is 107 Å². The van der Waals surface area contributed by atoms with E-state index in [2.05, 4.69) is 0 Å². The number of aromatic nitrogens is 1. The Hall–Kier alpha value is -3.63. The van der Waals surface area contributed by atoms with Crippen LogP contribution in [0.2, 0.25) is 0 Å². The number of rotatable bonds is 6. The van der Waals surface area contributed by atoms with E-state index in [1.807, 2.05) is 6.92 Å². The van der Waals surface area contributed by atoms with Crippen LogP contribution in [0, 0.1) is 5.82 Å². The molecule has 2 aromatic rings. The smallest absolute Gasteiger partial charge is 0.410 e. The number of esters is 1. The minimum Gasteiger partial charge on any atom is -0.492 e. The molecule has 1 aromatic carbocycles. The molecule has 2 heterocycles. The highest BCUT2D eigenvalue weighted by atomic mass is 19.1. The molecule has 0 bridgehead atoms. The van der Waals surface area contributed by atoms with E-state index in [0.29, 0.717) is 31.4 Å². The number of piperazine rings is 1. The molecule has 1 saturated heterocycles. The van der Waals surface area contributed by atoms with Gasteiger partial charge in [0.15, 0.2) is 17.9 Å². The first-order valence-electron chi connectivity index (χ1n) is 12.3. The lowest BCUT2D eigenvalue weighted by Crippen LogP contribution is -2.55. The summed E-state index contributed by atoms with van der Waals surface area (Å²) in [6.07, 6.45) is 3.03. The van der Waals surface area contributed by atoms with E-state index >= 15 is 4.39 Å². The number of pyridine rings is 1. The fourth-order valence-electron chi connectivity index (χ4n) is 4.66. The highest BCUT2D eigenvalue weighted by Crippen LogP contribution is 2.44. The third-order valence-corrected chi connectivity index (χ3v) is 6.42. The number of hydrogen-bond donors (Lipinski definition) is 0. The van der Waals surface area contributed by atoms with Gasteiger partial charge in [-0.25, -0.2) is 14.0 Å². The van der Waals surface area contributed by atoms with Gasteiger partial charge in [0, 0.05) is 37.9 Å². The van der Waals surface area contributed by atoms with Crippen molar-refractivity contribution in [3.63, 3.8) is 0 Å². The van der Waals surface area contributed by atoms with E-state index in [9.17, 15) is 19.2 Å². The Bertz CT molecular complexity index is 1300. The fraction of sp³-hybridized carbons (Fsp3) is 0.538. The van der Waals surface area contributed by atoms with Gasteiger partial charge in [0.25, 0.3) is 0 Å². The minimum absolute atomic E-state index is 0.00834. The average Bonchev–Trinajstić information content (AvgIpc) is 3.66. The molecule has 1 aliphatic heterocycles. The SMILES string of the molecule is COc1c(N2CCN(C(=O)OC(C)(C)C)C(C)C2)c(F)cc2c(=O)c(C(=O)OCC=O)cn(C3CC3)c12. The normalized spacial score (nSPS) is 18.1. The number of amides is 1. The molecule has 2 aliphatic rings. The second kappa shape index (κ2) is 10.0. The van der Waals surface area contributed by atoms with Crippen molar-refractivity contribution < 1.29 is 33.0 Å². The van der Waals surface area contributed by atoms with Gasteiger partial charge in [-0.2, -0.15) is 0 Å².